The van der Waals surface area contributed by atoms with Crippen LogP contribution in [0.5, 0.6) is 11.5 Å². The van der Waals surface area contributed by atoms with E-state index in [-0.39, 0.29) is 28.8 Å². The van der Waals surface area contributed by atoms with Crippen molar-refractivity contribution in [2.24, 2.45) is 0 Å². The number of carbonyl (C=O) groups excluding carboxylic acids is 2. The van der Waals surface area contributed by atoms with Gasteiger partial charge < -0.3 is 19.7 Å². The number of amides is 2. The fraction of sp³-hybridized carbons (Fsp3) is 0.286. The number of ether oxygens (including phenoxy) is 2. The maximum absolute atomic E-state index is 14.0. The molecule has 0 bridgehead atoms. The van der Waals surface area contributed by atoms with Crippen molar-refractivity contribution in [1.29, 1.82) is 0 Å². The van der Waals surface area contributed by atoms with Gasteiger partial charge in [0.05, 0.1) is 34.8 Å². The molecular formula is C28H31Cl2N3O6S. The lowest BCUT2D eigenvalue weighted by Gasteiger charge is -2.33. The van der Waals surface area contributed by atoms with E-state index in [0.29, 0.717) is 27.8 Å². The van der Waals surface area contributed by atoms with E-state index in [1.165, 1.54) is 44.4 Å². The largest absolute Gasteiger partial charge is 0.493 e. The fourth-order valence-electron chi connectivity index (χ4n) is 4.15. The topological polar surface area (TPSA) is 105 Å². The number of likely N-dealkylation sites (N-methyl/N-ethyl adjacent to an activating group) is 1. The summed E-state index contributed by atoms with van der Waals surface area (Å²) in [7, 11) is 0.0488. The van der Waals surface area contributed by atoms with Crippen molar-refractivity contribution in [1.82, 2.24) is 10.2 Å². The zero-order valence-corrected chi connectivity index (χ0v) is 24.9. The molecule has 1 atom stereocenters. The van der Waals surface area contributed by atoms with E-state index >= 15 is 0 Å². The van der Waals surface area contributed by atoms with E-state index in [1.807, 2.05) is 0 Å². The molecule has 0 saturated carbocycles. The van der Waals surface area contributed by atoms with Crippen LogP contribution in [0.3, 0.4) is 0 Å². The van der Waals surface area contributed by atoms with Gasteiger partial charge in [0.15, 0.2) is 11.5 Å². The molecule has 0 radical (unpaired) electrons. The molecule has 0 saturated heterocycles. The summed E-state index contributed by atoms with van der Waals surface area (Å²) in [5.41, 5.74) is 0.896. The Kier molecular flexibility index (Phi) is 10.7. The maximum Gasteiger partial charge on any atom is 0.264 e. The number of benzene rings is 3. The van der Waals surface area contributed by atoms with Gasteiger partial charge in [-0.1, -0.05) is 54.4 Å². The molecule has 0 aliphatic heterocycles. The van der Waals surface area contributed by atoms with Gasteiger partial charge in [-0.25, -0.2) is 8.42 Å². The third-order valence-corrected chi connectivity index (χ3v) is 8.74. The zero-order chi connectivity index (χ0) is 29.4. The number of nitrogens with one attached hydrogen (secondary N) is 1. The van der Waals surface area contributed by atoms with Gasteiger partial charge in [0.2, 0.25) is 11.8 Å². The van der Waals surface area contributed by atoms with E-state index in [0.717, 1.165) is 4.31 Å². The Balaban J connectivity index is 2.08. The lowest BCUT2D eigenvalue weighted by Crippen LogP contribution is -2.51. The first-order valence-electron chi connectivity index (χ1n) is 12.3. The Morgan fingerprint density at radius 1 is 0.925 bits per heavy atom. The van der Waals surface area contributed by atoms with Crippen molar-refractivity contribution in [2.45, 2.75) is 30.8 Å². The molecule has 0 heterocycles. The van der Waals surface area contributed by atoms with E-state index < -0.39 is 28.5 Å². The van der Waals surface area contributed by atoms with Crippen LogP contribution in [0.25, 0.3) is 0 Å². The molecule has 40 heavy (non-hydrogen) atoms. The van der Waals surface area contributed by atoms with Crippen LogP contribution in [-0.2, 0) is 26.2 Å². The monoisotopic (exact) mass is 607 g/mol. The number of nitrogens with zero attached hydrogens (tertiary/aromatic N) is 2. The second-order valence-electron chi connectivity index (χ2n) is 8.67. The molecule has 3 rings (SSSR count). The first-order valence-corrected chi connectivity index (χ1v) is 14.5. The summed E-state index contributed by atoms with van der Waals surface area (Å²) >= 11 is 12.3. The predicted molar refractivity (Wildman–Crippen MR) is 156 cm³/mol. The highest BCUT2D eigenvalue weighted by atomic mass is 35.5. The minimum atomic E-state index is -4.27. The van der Waals surface area contributed by atoms with Crippen LogP contribution in [0, 0.1) is 0 Å². The standard InChI is InChI=1S/C28H31Cl2N3O6S/c1-5-24(28(35)31-2)32(17-19-11-13-22(29)23(30)15-19)27(34)18-33(20-9-7-6-8-10-20)40(36,37)21-12-14-25(38-3)26(16-21)39-4/h6-16,24H,5,17-18H2,1-4H3,(H,31,35). The molecule has 0 aliphatic rings. The minimum absolute atomic E-state index is 0.000679. The molecule has 0 aromatic heterocycles. The normalized spacial score (nSPS) is 11.8. The number of rotatable bonds is 12. The fourth-order valence-corrected chi connectivity index (χ4v) is 5.90. The maximum atomic E-state index is 14.0. The van der Waals surface area contributed by atoms with E-state index in [9.17, 15) is 18.0 Å². The molecule has 214 valence electrons. The van der Waals surface area contributed by atoms with Crippen molar-refractivity contribution in [3.63, 3.8) is 0 Å². The summed E-state index contributed by atoms with van der Waals surface area (Å²) in [5, 5.41) is 3.22. The number of hydrogen-bond acceptors (Lipinski definition) is 6. The molecule has 0 aliphatic carbocycles. The summed E-state index contributed by atoms with van der Waals surface area (Å²) < 4.78 is 39.5. The Hall–Kier alpha value is -3.47. The molecule has 3 aromatic carbocycles. The molecule has 2 amide bonds. The van der Waals surface area contributed by atoms with Crippen LogP contribution in [-0.4, -0.2) is 59.0 Å². The number of hydrogen-bond donors (Lipinski definition) is 1. The van der Waals surface area contributed by atoms with Crippen LogP contribution in [0.4, 0.5) is 5.69 Å². The smallest absolute Gasteiger partial charge is 0.264 e. The summed E-state index contributed by atoms with van der Waals surface area (Å²) in [6, 6.07) is 16.5. The SMILES string of the molecule is CCC(C(=O)NC)N(Cc1ccc(Cl)c(Cl)c1)C(=O)CN(c1ccccc1)S(=O)(=O)c1ccc(OC)c(OC)c1. The third-order valence-electron chi connectivity index (χ3n) is 6.24. The van der Waals surface area contributed by atoms with Crippen molar-refractivity contribution >= 4 is 50.7 Å². The Labute approximate surface area is 244 Å². The van der Waals surface area contributed by atoms with Crippen LogP contribution in [0.15, 0.2) is 71.6 Å². The number of halogens is 2. The molecule has 12 heteroatoms. The van der Waals surface area contributed by atoms with Gasteiger partial charge >= 0.3 is 0 Å². The first kappa shape index (κ1) is 31.1. The quantitative estimate of drug-likeness (QED) is 0.318. The van der Waals surface area contributed by atoms with E-state index in [2.05, 4.69) is 5.32 Å². The summed E-state index contributed by atoms with van der Waals surface area (Å²) in [5.74, 6) is -0.401. The van der Waals surface area contributed by atoms with Crippen LogP contribution >= 0.6 is 23.2 Å². The van der Waals surface area contributed by atoms with Crippen molar-refractivity contribution in [3.8, 4) is 11.5 Å². The van der Waals surface area contributed by atoms with Gasteiger partial charge in [-0.2, -0.15) is 0 Å². The highest BCUT2D eigenvalue weighted by Gasteiger charge is 2.33. The lowest BCUT2D eigenvalue weighted by molar-refractivity contribution is -0.140. The van der Waals surface area contributed by atoms with E-state index in [4.69, 9.17) is 32.7 Å². The third kappa shape index (κ3) is 6.99. The van der Waals surface area contributed by atoms with Gasteiger partial charge in [0.25, 0.3) is 10.0 Å². The second kappa shape index (κ2) is 13.7. The second-order valence-corrected chi connectivity index (χ2v) is 11.3. The first-order chi connectivity index (χ1) is 19.1. The number of anilines is 1. The van der Waals surface area contributed by atoms with Crippen molar-refractivity contribution in [2.75, 3.05) is 32.1 Å². The number of methoxy groups -OCH3 is 2. The Morgan fingerprint density at radius 2 is 1.60 bits per heavy atom. The Morgan fingerprint density at radius 3 is 2.17 bits per heavy atom. The molecule has 0 spiro atoms. The highest BCUT2D eigenvalue weighted by Crippen LogP contribution is 2.32. The average molecular weight is 609 g/mol. The molecule has 9 nitrogen and oxygen atoms in total. The molecule has 0 fully saturated rings. The van der Waals surface area contributed by atoms with Gasteiger partial charge in [-0.3, -0.25) is 13.9 Å². The van der Waals surface area contributed by atoms with Crippen molar-refractivity contribution < 1.29 is 27.5 Å². The van der Waals surface area contributed by atoms with Gasteiger partial charge in [-0.05, 0) is 48.4 Å². The van der Waals surface area contributed by atoms with Crippen LogP contribution < -0.4 is 19.1 Å². The van der Waals surface area contributed by atoms with Gasteiger partial charge in [0, 0.05) is 19.7 Å². The predicted octanol–water partition coefficient (Wildman–Crippen LogP) is 4.76. The van der Waals surface area contributed by atoms with Crippen LogP contribution in [0.2, 0.25) is 10.0 Å². The summed E-state index contributed by atoms with van der Waals surface area (Å²) in [6.45, 7) is 1.19. The Bertz CT molecular complexity index is 1450. The summed E-state index contributed by atoms with van der Waals surface area (Å²) in [6.07, 6.45) is 0.292. The van der Waals surface area contributed by atoms with Gasteiger partial charge in [0.1, 0.15) is 12.6 Å². The van der Waals surface area contributed by atoms with Crippen molar-refractivity contribution in [3.05, 3.63) is 82.3 Å². The van der Waals surface area contributed by atoms with Gasteiger partial charge in [-0.15, -0.1) is 0 Å². The number of sulfonamides is 1. The molecular weight excluding hydrogens is 577 g/mol. The lowest BCUT2D eigenvalue weighted by atomic mass is 10.1. The molecule has 1 unspecified atom stereocenters. The molecule has 3 aromatic rings. The zero-order valence-electron chi connectivity index (χ0n) is 22.6. The minimum Gasteiger partial charge on any atom is -0.493 e. The number of carbonyl (C=O) groups is 2. The number of para-hydroxylation sites is 1. The highest BCUT2D eigenvalue weighted by molar-refractivity contribution is 7.92. The summed E-state index contributed by atoms with van der Waals surface area (Å²) in [4.78, 5) is 28.0. The van der Waals surface area contributed by atoms with E-state index in [1.54, 1.807) is 55.5 Å². The molecule has 1 N–H and O–H groups in total. The van der Waals surface area contributed by atoms with Crippen LogP contribution in [0.1, 0.15) is 18.9 Å². The average Bonchev–Trinajstić information content (AvgIpc) is 2.97.